The maximum Gasteiger partial charge on any atom is 0.320 e. The molecule has 1 saturated carbocycles. The number of piperazine rings is 1. The zero-order chi connectivity index (χ0) is 14.7. The Balaban J connectivity index is 1.85. The molecule has 2 aliphatic rings. The fourth-order valence-corrected chi connectivity index (χ4v) is 2.69. The van der Waals surface area contributed by atoms with Gasteiger partial charge in [0.25, 0.3) is 0 Å². The van der Waals surface area contributed by atoms with E-state index in [1.165, 1.54) is 12.8 Å². The topological polar surface area (TPSA) is 64.1 Å². The molecule has 0 aromatic heterocycles. The lowest BCUT2D eigenvalue weighted by molar-refractivity contribution is -0.137. The Morgan fingerprint density at radius 2 is 1.80 bits per heavy atom. The highest BCUT2D eigenvalue weighted by atomic mass is 16.4. The fourth-order valence-electron chi connectivity index (χ4n) is 2.69. The molecule has 0 aromatic rings. The predicted molar refractivity (Wildman–Crippen MR) is 75.7 cm³/mol. The average molecular weight is 283 g/mol. The van der Waals surface area contributed by atoms with E-state index in [1.54, 1.807) is 4.90 Å². The van der Waals surface area contributed by atoms with Crippen molar-refractivity contribution in [1.82, 2.24) is 14.7 Å². The molecule has 1 aliphatic carbocycles. The molecular weight excluding hydrogens is 258 g/mol. The summed E-state index contributed by atoms with van der Waals surface area (Å²) in [7, 11) is 0. The van der Waals surface area contributed by atoms with Gasteiger partial charge in [-0.05, 0) is 26.7 Å². The summed E-state index contributed by atoms with van der Waals surface area (Å²) in [4.78, 5) is 29.2. The highest BCUT2D eigenvalue weighted by Gasteiger charge is 2.33. The van der Waals surface area contributed by atoms with E-state index in [0.717, 1.165) is 32.2 Å². The Bertz CT molecular complexity index is 361. The Morgan fingerprint density at radius 1 is 1.20 bits per heavy atom. The summed E-state index contributed by atoms with van der Waals surface area (Å²) in [5, 5.41) is 8.78. The van der Waals surface area contributed by atoms with Crippen molar-refractivity contribution < 1.29 is 14.7 Å². The van der Waals surface area contributed by atoms with Crippen LogP contribution in [-0.2, 0) is 4.79 Å². The van der Waals surface area contributed by atoms with E-state index in [-0.39, 0.29) is 25.0 Å². The number of carboxylic acids is 1. The van der Waals surface area contributed by atoms with Crippen LogP contribution in [0.15, 0.2) is 0 Å². The van der Waals surface area contributed by atoms with Gasteiger partial charge in [-0.1, -0.05) is 0 Å². The molecule has 2 amide bonds. The minimum atomic E-state index is -0.859. The maximum atomic E-state index is 12.5. The van der Waals surface area contributed by atoms with E-state index >= 15 is 0 Å². The number of urea groups is 1. The molecule has 0 radical (unpaired) electrons. The van der Waals surface area contributed by atoms with Gasteiger partial charge in [-0.3, -0.25) is 9.69 Å². The first-order valence-corrected chi connectivity index (χ1v) is 7.50. The van der Waals surface area contributed by atoms with Crippen LogP contribution in [0.3, 0.4) is 0 Å². The predicted octanol–water partition coefficient (Wildman–Crippen LogP) is 1.07. The lowest BCUT2D eigenvalue weighted by atomic mass is 10.2. The minimum absolute atomic E-state index is 0.00591. The van der Waals surface area contributed by atoms with Gasteiger partial charge in [0.2, 0.25) is 0 Å². The van der Waals surface area contributed by atoms with Gasteiger partial charge in [0.15, 0.2) is 0 Å². The number of nitrogens with zero attached hydrogens (tertiary/aromatic N) is 3. The fraction of sp³-hybridized carbons (Fsp3) is 0.857. The summed E-state index contributed by atoms with van der Waals surface area (Å²) in [6, 6.07) is 0.764. The van der Waals surface area contributed by atoms with Gasteiger partial charge in [0.1, 0.15) is 0 Å². The number of carboxylic acid groups (broad SMARTS) is 1. The van der Waals surface area contributed by atoms with Crippen LogP contribution in [-0.4, -0.2) is 76.6 Å². The first-order valence-electron chi connectivity index (χ1n) is 7.50. The molecule has 0 atom stereocenters. The Kier molecular flexibility index (Phi) is 4.86. The molecule has 1 heterocycles. The van der Waals surface area contributed by atoms with E-state index in [9.17, 15) is 9.59 Å². The van der Waals surface area contributed by atoms with Crippen molar-refractivity contribution in [2.45, 2.75) is 45.2 Å². The number of amides is 2. The quantitative estimate of drug-likeness (QED) is 0.820. The number of aliphatic carboxylic acids is 1. The van der Waals surface area contributed by atoms with Crippen LogP contribution in [0.4, 0.5) is 4.79 Å². The minimum Gasteiger partial charge on any atom is -0.481 e. The third kappa shape index (κ3) is 3.85. The second-order valence-corrected chi connectivity index (χ2v) is 5.97. The average Bonchev–Trinajstić information content (AvgIpc) is 3.22. The zero-order valence-corrected chi connectivity index (χ0v) is 12.4. The molecule has 0 aromatic carbocycles. The van der Waals surface area contributed by atoms with Crippen molar-refractivity contribution in [1.29, 1.82) is 0 Å². The van der Waals surface area contributed by atoms with Gasteiger partial charge in [-0.25, -0.2) is 4.79 Å². The third-order valence-electron chi connectivity index (χ3n) is 4.08. The lowest BCUT2D eigenvalue weighted by Crippen LogP contribution is -2.54. The number of hydrogen-bond donors (Lipinski definition) is 1. The smallest absolute Gasteiger partial charge is 0.320 e. The van der Waals surface area contributed by atoms with Crippen molar-refractivity contribution in [3.05, 3.63) is 0 Å². The van der Waals surface area contributed by atoms with Crippen molar-refractivity contribution >= 4 is 12.0 Å². The molecule has 20 heavy (non-hydrogen) atoms. The zero-order valence-electron chi connectivity index (χ0n) is 12.4. The number of carbonyl (C=O) groups excluding carboxylic acids is 1. The Morgan fingerprint density at radius 3 is 2.25 bits per heavy atom. The van der Waals surface area contributed by atoms with Crippen LogP contribution in [0.5, 0.6) is 0 Å². The molecule has 0 unspecified atom stereocenters. The monoisotopic (exact) mass is 283 g/mol. The highest BCUT2D eigenvalue weighted by Crippen LogP contribution is 2.27. The van der Waals surface area contributed by atoms with Gasteiger partial charge >= 0.3 is 12.0 Å². The third-order valence-corrected chi connectivity index (χ3v) is 4.08. The van der Waals surface area contributed by atoms with Gasteiger partial charge in [0, 0.05) is 44.8 Å². The standard InChI is InChI=1S/C14H25N3O3/c1-11(2)17(6-5-13(18)19)14(20)16-9-7-15(8-10-16)12-3-4-12/h11-12H,3-10H2,1-2H3,(H,18,19). The molecule has 0 bridgehead atoms. The van der Waals surface area contributed by atoms with E-state index in [0.29, 0.717) is 0 Å². The molecule has 1 saturated heterocycles. The lowest BCUT2D eigenvalue weighted by Gasteiger charge is -2.38. The van der Waals surface area contributed by atoms with Crippen LogP contribution in [0.2, 0.25) is 0 Å². The summed E-state index contributed by atoms with van der Waals surface area (Å²) in [6.07, 6.45) is 2.60. The molecular formula is C14H25N3O3. The van der Waals surface area contributed by atoms with Gasteiger partial charge in [-0.15, -0.1) is 0 Å². The molecule has 6 heteroatoms. The van der Waals surface area contributed by atoms with Crippen LogP contribution in [0.1, 0.15) is 33.1 Å². The normalized spacial score (nSPS) is 20.2. The first kappa shape index (κ1) is 15.1. The van der Waals surface area contributed by atoms with E-state index < -0.39 is 5.97 Å². The van der Waals surface area contributed by atoms with Crippen LogP contribution in [0, 0.1) is 0 Å². The van der Waals surface area contributed by atoms with Crippen LogP contribution in [0.25, 0.3) is 0 Å². The second-order valence-electron chi connectivity index (χ2n) is 5.97. The van der Waals surface area contributed by atoms with Crippen molar-refractivity contribution in [2.75, 3.05) is 32.7 Å². The van der Waals surface area contributed by atoms with Crippen molar-refractivity contribution in [3.8, 4) is 0 Å². The van der Waals surface area contributed by atoms with E-state index in [2.05, 4.69) is 4.90 Å². The van der Waals surface area contributed by atoms with Crippen LogP contribution >= 0.6 is 0 Å². The summed E-state index contributed by atoms with van der Waals surface area (Å²) < 4.78 is 0. The molecule has 6 nitrogen and oxygen atoms in total. The maximum absolute atomic E-state index is 12.5. The number of hydrogen-bond acceptors (Lipinski definition) is 3. The molecule has 1 N–H and O–H groups in total. The van der Waals surface area contributed by atoms with Crippen molar-refractivity contribution in [3.63, 3.8) is 0 Å². The first-order chi connectivity index (χ1) is 9.49. The molecule has 2 rings (SSSR count). The highest BCUT2D eigenvalue weighted by molar-refractivity contribution is 5.76. The largest absolute Gasteiger partial charge is 0.481 e. The Hall–Kier alpha value is -1.30. The SMILES string of the molecule is CC(C)N(CCC(=O)O)C(=O)N1CCN(C2CC2)CC1. The number of rotatable bonds is 5. The number of carbonyl (C=O) groups is 2. The summed E-state index contributed by atoms with van der Waals surface area (Å²) >= 11 is 0. The summed E-state index contributed by atoms with van der Waals surface area (Å²) in [6.45, 7) is 7.55. The van der Waals surface area contributed by atoms with Crippen molar-refractivity contribution in [2.24, 2.45) is 0 Å². The molecule has 1 aliphatic heterocycles. The molecule has 0 spiro atoms. The van der Waals surface area contributed by atoms with Gasteiger partial charge < -0.3 is 14.9 Å². The Labute approximate surface area is 120 Å². The summed E-state index contributed by atoms with van der Waals surface area (Å²) in [5.74, 6) is -0.859. The van der Waals surface area contributed by atoms with Crippen LogP contribution < -0.4 is 0 Å². The van der Waals surface area contributed by atoms with E-state index in [4.69, 9.17) is 5.11 Å². The second kappa shape index (κ2) is 6.43. The summed E-state index contributed by atoms with van der Waals surface area (Å²) in [5.41, 5.74) is 0. The molecule has 2 fully saturated rings. The van der Waals surface area contributed by atoms with Gasteiger partial charge in [-0.2, -0.15) is 0 Å². The molecule has 114 valence electrons. The van der Waals surface area contributed by atoms with Gasteiger partial charge in [0.05, 0.1) is 6.42 Å². The van der Waals surface area contributed by atoms with E-state index in [1.807, 2.05) is 18.7 Å².